The van der Waals surface area contributed by atoms with Gasteiger partial charge in [-0.25, -0.2) is 0 Å². The third-order valence-electron chi connectivity index (χ3n) is 5.09. The first-order chi connectivity index (χ1) is 10.3. The minimum Gasteiger partial charge on any atom is -0.0654 e. The Hall–Kier alpha value is -0.260. The highest BCUT2D eigenvalue weighted by Gasteiger charge is 2.33. The molecule has 0 saturated carbocycles. The molecule has 0 heterocycles. The van der Waals surface area contributed by atoms with Crippen LogP contribution in [0, 0.1) is 5.92 Å². The second-order valence-corrected chi connectivity index (χ2v) is 7.07. The zero-order valence-electron chi connectivity index (χ0n) is 15.2. The van der Waals surface area contributed by atoms with Gasteiger partial charge in [-0.1, -0.05) is 103 Å². The molecule has 0 bridgehead atoms. The van der Waals surface area contributed by atoms with E-state index in [0.29, 0.717) is 0 Å². The zero-order valence-corrected chi connectivity index (χ0v) is 15.2. The first kappa shape index (κ1) is 18.8. The van der Waals surface area contributed by atoms with E-state index in [-0.39, 0.29) is 0 Å². The van der Waals surface area contributed by atoms with E-state index in [1.807, 2.05) is 11.1 Å². The number of hydrogen-bond acceptors (Lipinski definition) is 0. The van der Waals surface area contributed by atoms with Crippen LogP contribution < -0.4 is 0 Å². The van der Waals surface area contributed by atoms with Crippen molar-refractivity contribution in [1.29, 1.82) is 0 Å². The van der Waals surface area contributed by atoms with Gasteiger partial charge in [0.25, 0.3) is 0 Å². The number of unbranched alkanes of at least 4 members (excludes halogenated alkanes) is 9. The van der Waals surface area contributed by atoms with Gasteiger partial charge in [-0.05, 0) is 25.7 Å². The molecular weight excluding hydrogens is 252 g/mol. The lowest BCUT2D eigenvalue weighted by molar-refractivity contribution is 0.573. The van der Waals surface area contributed by atoms with Gasteiger partial charge in [0, 0.05) is 5.92 Å². The van der Waals surface area contributed by atoms with Crippen LogP contribution in [0.3, 0.4) is 0 Å². The molecule has 1 aliphatic carbocycles. The van der Waals surface area contributed by atoms with Gasteiger partial charge in [0.2, 0.25) is 0 Å². The molecule has 1 rings (SSSR count). The van der Waals surface area contributed by atoms with Gasteiger partial charge in [-0.3, -0.25) is 0 Å². The lowest BCUT2D eigenvalue weighted by Crippen LogP contribution is -1.87. The van der Waals surface area contributed by atoms with Crippen molar-refractivity contribution in [1.82, 2.24) is 0 Å². The summed E-state index contributed by atoms with van der Waals surface area (Å²) in [5, 5.41) is 0. The molecule has 0 aliphatic heterocycles. The van der Waals surface area contributed by atoms with E-state index in [0.717, 1.165) is 5.92 Å². The molecule has 0 aromatic carbocycles. The molecule has 0 nitrogen and oxygen atoms in total. The van der Waals surface area contributed by atoms with Crippen molar-refractivity contribution >= 4 is 0 Å². The van der Waals surface area contributed by atoms with Crippen LogP contribution in [0.5, 0.6) is 0 Å². The smallest absolute Gasteiger partial charge is 0.00127 e. The Morgan fingerprint density at radius 3 is 1.67 bits per heavy atom. The summed E-state index contributed by atoms with van der Waals surface area (Å²) >= 11 is 0. The van der Waals surface area contributed by atoms with Crippen molar-refractivity contribution in [3.05, 3.63) is 11.1 Å². The number of rotatable bonds is 15. The van der Waals surface area contributed by atoms with Crippen molar-refractivity contribution in [3.63, 3.8) is 0 Å². The summed E-state index contributed by atoms with van der Waals surface area (Å²) in [5.41, 5.74) is 3.77. The Kier molecular flexibility index (Phi) is 11.0. The van der Waals surface area contributed by atoms with Crippen LogP contribution in [-0.2, 0) is 0 Å². The molecule has 1 atom stereocenters. The molecule has 0 fully saturated rings. The van der Waals surface area contributed by atoms with E-state index in [1.165, 1.54) is 96.3 Å². The van der Waals surface area contributed by atoms with Gasteiger partial charge >= 0.3 is 0 Å². The fraction of sp³-hybridized carbons (Fsp3) is 0.905. The summed E-state index contributed by atoms with van der Waals surface area (Å²) in [4.78, 5) is 0. The van der Waals surface area contributed by atoms with Crippen LogP contribution in [0.15, 0.2) is 11.1 Å². The molecule has 0 aromatic rings. The molecule has 124 valence electrons. The van der Waals surface area contributed by atoms with Crippen LogP contribution in [0.2, 0.25) is 0 Å². The van der Waals surface area contributed by atoms with E-state index in [9.17, 15) is 0 Å². The first-order valence-electron chi connectivity index (χ1n) is 10.1. The highest BCUT2D eigenvalue weighted by molar-refractivity contribution is 5.40. The quantitative estimate of drug-likeness (QED) is 0.213. The summed E-state index contributed by atoms with van der Waals surface area (Å²) in [5.74, 6) is 0.960. The third-order valence-corrected chi connectivity index (χ3v) is 5.09. The van der Waals surface area contributed by atoms with Crippen molar-refractivity contribution < 1.29 is 0 Å². The number of hydrogen-bond donors (Lipinski definition) is 0. The topological polar surface area (TPSA) is 0 Å². The fourth-order valence-corrected chi connectivity index (χ4v) is 3.71. The molecule has 0 spiro atoms. The Labute approximate surface area is 134 Å². The van der Waals surface area contributed by atoms with Gasteiger partial charge < -0.3 is 0 Å². The Morgan fingerprint density at radius 2 is 1.05 bits per heavy atom. The average Bonchev–Trinajstić information content (AvgIpc) is 3.15. The van der Waals surface area contributed by atoms with Gasteiger partial charge in [0.15, 0.2) is 0 Å². The predicted molar refractivity (Wildman–Crippen MR) is 96.8 cm³/mol. The molecule has 0 amide bonds. The van der Waals surface area contributed by atoms with Gasteiger partial charge in [-0.15, -0.1) is 0 Å². The maximum absolute atomic E-state index is 2.34. The highest BCUT2D eigenvalue weighted by Crippen LogP contribution is 2.48. The molecule has 21 heavy (non-hydrogen) atoms. The van der Waals surface area contributed by atoms with Gasteiger partial charge in [0.05, 0.1) is 0 Å². The Balaban J connectivity index is 2.07. The molecule has 0 aromatic heterocycles. The molecule has 1 unspecified atom stereocenters. The van der Waals surface area contributed by atoms with Crippen LogP contribution in [0.4, 0.5) is 0 Å². The Morgan fingerprint density at radius 1 is 0.524 bits per heavy atom. The normalized spacial score (nSPS) is 17.6. The van der Waals surface area contributed by atoms with Crippen LogP contribution in [0.25, 0.3) is 0 Å². The van der Waals surface area contributed by atoms with E-state index >= 15 is 0 Å². The average molecular weight is 293 g/mol. The van der Waals surface area contributed by atoms with E-state index in [4.69, 9.17) is 0 Å². The fourth-order valence-electron chi connectivity index (χ4n) is 3.71. The summed E-state index contributed by atoms with van der Waals surface area (Å²) in [6, 6.07) is 0. The van der Waals surface area contributed by atoms with E-state index in [2.05, 4.69) is 20.8 Å². The highest BCUT2D eigenvalue weighted by atomic mass is 14.4. The largest absolute Gasteiger partial charge is 0.0654 e. The van der Waals surface area contributed by atoms with Crippen molar-refractivity contribution in [3.8, 4) is 0 Å². The van der Waals surface area contributed by atoms with E-state index in [1.54, 1.807) is 0 Å². The monoisotopic (exact) mass is 292 g/mol. The molecular formula is C21H40. The summed E-state index contributed by atoms with van der Waals surface area (Å²) in [6.07, 6.45) is 21.5. The van der Waals surface area contributed by atoms with Gasteiger partial charge in [-0.2, -0.15) is 0 Å². The standard InChI is InChI=1S/C21H40/c1-4-7-9-11-12-13-15-18-21-19(16-6-3)20(21)17-14-10-8-5-2/h20H,4-18H2,1-3H3. The van der Waals surface area contributed by atoms with Crippen LogP contribution in [-0.4, -0.2) is 0 Å². The SMILES string of the molecule is CCCCCCCCCC1=C(CCC)C1CCCCCC. The minimum absolute atomic E-state index is 0.960. The zero-order chi connectivity index (χ0) is 15.3. The Bertz CT molecular complexity index is 274. The summed E-state index contributed by atoms with van der Waals surface area (Å²) in [7, 11) is 0. The van der Waals surface area contributed by atoms with Crippen molar-refractivity contribution in [2.45, 2.75) is 117 Å². The maximum atomic E-state index is 2.34. The molecule has 0 saturated heterocycles. The van der Waals surface area contributed by atoms with Crippen LogP contribution >= 0.6 is 0 Å². The molecule has 0 heteroatoms. The number of allylic oxidation sites excluding steroid dienone is 2. The first-order valence-corrected chi connectivity index (χ1v) is 10.1. The lowest BCUT2D eigenvalue weighted by Gasteiger charge is -2.03. The molecule has 1 aliphatic rings. The second-order valence-electron chi connectivity index (χ2n) is 7.07. The second kappa shape index (κ2) is 12.3. The lowest BCUT2D eigenvalue weighted by atomic mass is 10.0. The van der Waals surface area contributed by atoms with Crippen molar-refractivity contribution in [2.75, 3.05) is 0 Å². The molecule has 0 radical (unpaired) electrons. The third kappa shape index (κ3) is 8.07. The van der Waals surface area contributed by atoms with Crippen LogP contribution in [0.1, 0.15) is 117 Å². The summed E-state index contributed by atoms with van der Waals surface area (Å²) in [6.45, 7) is 6.95. The minimum atomic E-state index is 0.960. The van der Waals surface area contributed by atoms with E-state index < -0.39 is 0 Å². The van der Waals surface area contributed by atoms with Gasteiger partial charge in [0.1, 0.15) is 0 Å². The van der Waals surface area contributed by atoms with Crippen molar-refractivity contribution in [2.24, 2.45) is 5.92 Å². The molecule has 0 N–H and O–H groups in total. The summed E-state index contributed by atoms with van der Waals surface area (Å²) < 4.78 is 0. The predicted octanol–water partition coefficient (Wildman–Crippen LogP) is 7.82. The maximum Gasteiger partial charge on any atom is 0.00127 e.